The van der Waals surface area contributed by atoms with Crippen LogP contribution in [0.1, 0.15) is 46.5 Å². The summed E-state index contributed by atoms with van der Waals surface area (Å²) in [6, 6.07) is 0. The van der Waals surface area contributed by atoms with Crippen molar-refractivity contribution in [2.24, 2.45) is 0 Å². The van der Waals surface area contributed by atoms with Gasteiger partial charge in [0, 0.05) is 13.0 Å². The van der Waals surface area contributed by atoms with Crippen LogP contribution in [0.2, 0.25) is 0 Å². The van der Waals surface area contributed by atoms with Gasteiger partial charge in [0.05, 0.1) is 11.6 Å². The number of likely N-dealkylation sites (tertiary alicyclic amines) is 1. The van der Waals surface area contributed by atoms with E-state index in [1.807, 2.05) is 25.7 Å². The number of aliphatic hydroxyl groups is 1. The van der Waals surface area contributed by atoms with Gasteiger partial charge in [0.15, 0.2) is 0 Å². The summed E-state index contributed by atoms with van der Waals surface area (Å²) in [6.45, 7) is 6.70. The summed E-state index contributed by atoms with van der Waals surface area (Å²) in [6.07, 6.45) is 2.82. The Balaban J connectivity index is 2.71. The minimum absolute atomic E-state index is 0.177. The standard InChI is InChI=1S/C11H21NO2/c1-4-6-10(14)12-8-5-7-9(13)11(12,2)3/h9,13H,4-8H2,1-3H3. The van der Waals surface area contributed by atoms with Crippen LogP contribution in [-0.2, 0) is 4.79 Å². The van der Waals surface area contributed by atoms with Gasteiger partial charge in [-0.15, -0.1) is 0 Å². The molecule has 1 saturated heterocycles. The Kier molecular flexibility index (Phi) is 3.53. The first kappa shape index (κ1) is 11.5. The molecule has 1 aliphatic rings. The predicted molar refractivity (Wildman–Crippen MR) is 55.9 cm³/mol. The van der Waals surface area contributed by atoms with Crippen molar-refractivity contribution >= 4 is 5.91 Å². The number of nitrogens with zero attached hydrogens (tertiary/aromatic N) is 1. The van der Waals surface area contributed by atoms with Crippen LogP contribution in [0.3, 0.4) is 0 Å². The molecule has 14 heavy (non-hydrogen) atoms. The number of piperidine rings is 1. The average Bonchev–Trinajstić information content (AvgIpc) is 2.10. The molecule has 0 aliphatic carbocycles. The van der Waals surface area contributed by atoms with Gasteiger partial charge < -0.3 is 10.0 Å². The zero-order valence-electron chi connectivity index (χ0n) is 9.42. The van der Waals surface area contributed by atoms with Gasteiger partial charge in [0.25, 0.3) is 0 Å². The molecule has 0 radical (unpaired) electrons. The van der Waals surface area contributed by atoms with E-state index in [1.165, 1.54) is 0 Å². The molecule has 0 saturated carbocycles. The number of carbonyl (C=O) groups is 1. The van der Waals surface area contributed by atoms with E-state index in [9.17, 15) is 9.90 Å². The molecule has 1 N–H and O–H groups in total. The van der Waals surface area contributed by atoms with E-state index in [0.717, 1.165) is 25.8 Å². The van der Waals surface area contributed by atoms with Gasteiger partial charge in [-0.05, 0) is 33.1 Å². The lowest BCUT2D eigenvalue weighted by molar-refractivity contribution is -0.145. The molecule has 0 spiro atoms. The third kappa shape index (κ3) is 2.08. The molecule has 0 aromatic heterocycles. The fraction of sp³-hybridized carbons (Fsp3) is 0.909. The Morgan fingerprint density at radius 2 is 2.21 bits per heavy atom. The number of hydrogen-bond acceptors (Lipinski definition) is 2. The summed E-state index contributed by atoms with van der Waals surface area (Å²) in [5, 5.41) is 9.83. The molecule has 0 bridgehead atoms. The lowest BCUT2D eigenvalue weighted by Crippen LogP contribution is -2.58. The fourth-order valence-corrected chi connectivity index (χ4v) is 2.06. The zero-order valence-corrected chi connectivity index (χ0v) is 9.42. The van der Waals surface area contributed by atoms with Gasteiger partial charge in [-0.25, -0.2) is 0 Å². The van der Waals surface area contributed by atoms with Gasteiger partial charge in [0.2, 0.25) is 5.91 Å². The maximum absolute atomic E-state index is 11.8. The van der Waals surface area contributed by atoms with Gasteiger partial charge in [-0.2, -0.15) is 0 Å². The molecular formula is C11H21NO2. The van der Waals surface area contributed by atoms with Crippen LogP contribution in [0.25, 0.3) is 0 Å². The van der Waals surface area contributed by atoms with Crippen LogP contribution in [-0.4, -0.2) is 34.1 Å². The fourth-order valence-electron chi connectivity index (χ4n) is 2.06. The summed E-state index contributed by atoms with van der Waals surface area (Å²) < 4.78 is 0. The maximum atomic E-state index is 11.8. The van der Waals surface area contributed by atoms with Crippen molar-refractivity contribution in [2.75, 3.05) is 6.54 Å². The van der Waals surface area contributed by atoms with E-state index in [-0.39, 0.29) is 17.6 Å². The van der Waals surface area contributed by atoms with Gasteiger partial charge in [-0.1, -0.05) is 6.92 Å². The van der Waals surface area contributed by atoms with Gasteiger partial charge >= 0.3 is 0 Å². The van der Waals surface area contributed by atoms with Crippen LogP contribution in [0.4, 0.5) is 0 Å². The third-order valence-electron chi connectivity index (χ3n) is 3.14. The highest BCUT2D eigenvalue weighted by Crippen LogP contribution is 2.28. The summed E-state index contributed by atoms with van der Waals surface area (Å²) in [5.74, 6) is 0.177. The number of aliphatic hydroxyl groups excluding tert-OH is 1. The lowest BCUT2D eigenvalue weighted by atomic mass is 9.87. The molecule has 1 amide bonds. The smallest absolute Gasteiger partial charge is 0.223 e. The number of amides is 1. The molecule has 1 fully saturated rings. The monoisotopic (exact) mass is 199 g/mol. The van der Waals surface area contributed by atoms with Crippen molar-refractivity contribution in [3.63, 3.8) is 0 Å². The second-order valence-electron chi connectivity index (χ2n) is 4.61. The Labute approximate surface area is 86.1 Å². The van der Waals surface area contributed by atoms with Crippen LogP contribution in [0.15, 0.2) is 0 Å². The third-order valence-corrected chi connectivity index (χ3v) is 3.14. The second-order valence-corrected chi connectivity index (χ2v) is 4.61. The van der Waals surface area contributed by atoms with E-state index >= 15 is 0 Å². The van der Waals surface area contributed by atoms with Crippen LogP contribution < -0.4 is 0 Å². The van der Waals surface area contributed by atoms with Crippen molar-refractivity contribution in [1.82, 2.24) is 4.90 Å². The predicted octanol–water partition coefficient (Wildman–Crippen LogP) is 1.55. The second kappa shape index (κ2) is 4.30. The highest BCUT2D eigenvalue weighted by Gasteiger charge is 2.39. The Hall–Kier alpha value is -0.570. The SMILES string of the molecule is CCCC(=O)N1CCCC(O)C1(C)C. The molecule has 1 atom stereocenters. The van der Waals surface area contributed by atoms with Gasteiger partial charge in [0.1, 0.15) is 0 Å². The first-order chi connectivity index (χ1) is 6.50. The normalized spacial score (nSPS) is 26.3. The number of carbonyl (C=O) groups excluding carboxylic acids is 1. The maximum Gasteiger partial charge on any atom is 0.223 e. The largest absolute Gasteiger partial charge is 0.391 e. The van der Waals surface area contributed by atoms with Gasteiger partial charge in [-0.3, -0.25) is 4.79 Å². The topological polar surface area (TPSA) is 40.5 Å². The van der Waals surface area contributed by atoms with E-state index in [1.54, 1.807) is 0 Å². The van der Waals surface area contributed by atoms with Crippen LogP contribution in [0.5, 0.6) is 0 Å². The summed E-state index contributed by atoms with van der Waals surface area (Å²) in [7, 11) is 0. The van der Waals surface area contributed by atoms with Crippen LogP contribution >= 0.6 is 0 Å². The zero-order chi connectivity index (χ0) is 10.8. The van der Waals surface area contributed by atoms with E-state index in [0.29, 0.717) is 6.42 Å². The minimum atomic E-state index is -0.384. The number of rotatable bonds is 2. The molecule has 0 aromatic carbocycles. The average molecular weight is 199 g/mol. The van der Waals surface area contributed by atoms with E-state index < -0.39 is 0 Å². The molecular weight excluding hydrogens is 178 g/mol. The number of hydrogen-bond donors (Lipinski definition) is 1. The summed E-state index contributed by atoms with van der Waals surface area (Å²) >= 11 is 0. The highest BCUT2D eigenvalue weighted by molar-refractivity contribution is 5.77. The molecule has 0 aromatic rings. The van der Waals surface area contributed by atoms with E-state index in [4.69, 9.17) is 0 Å². The Morgan fingerprint density at radius 3 is 2.79 bits per heavy atom. The molecule has 3 heteroatoms. The first-order valence-corrected chi connectivity index (χ1v) is 5.48. The highest BCUT2D eigenvalue weighted by atomic mass is 16.3. The quantitative estimate of drug-likeness (QED) is 0.733. The van der Waals surface area contributed by atoms with Crippen molar-refractivity contribution in [3.05, 3.63) is 0 Å². The van der Waals surface area contributed by atoms with Crippen molar-refractivity contribution in [2.45, 2.75) is 58.1 Å². The lowest BCUT2D eigenvalue weighted by Gasteiger charge is -2.45. The van der Waals surface area contributed by atoms with Crippen molar-refractivity contribution < 1.29 is 9.90 Å². The summed E-state index contributed by atoms with van der Waals surface area (Å²) in [5.41, 5.74) is -0.384. The Bertz CT molecular complexity index is 213. The minimum Gasteiger partial charge on any atom is -0.391 e. The molecule has 1 aliphatic heterocycles. The van der Waals surface area contributed by atoms with Crippen molar-refractivity contribution in [3.8, 4) is 0 Å². The Morgan fingerprint density at radius 1 is 1.57 bits per heavy atom. The molecule has 3 nitrogen and oxygen atoms in total. The molecule has 1 unspecified atom stereocenters. The van der Waals surface area contributed by atoms with E-state index in [2.05, 4.69) is 0 Å². The van der Waals surface area contributed by atoms with Crippen molar-refractivity contribution in [1.29, 1.82) is 0 Å². The molecule has 1 heterocycles. The first-order valence-electron chi connectivity index (χ1n) is 5.48. The molecule has 82 valence electrons. The molecule has 1 rings (SSSR count). The summed E-state index contributed by atoms with van der Waals surface area (Å²) in [4.78, 5) is 13.6. The van der Waals surface area contributed by atoms with Crippen LogP contribution in [0, 0.1) is 0 Å².